The first-order chi connectivity index (χ1) is 14.3. The maximum absolute atomic E-state index is 12.6. The van der Waals surface area contributed by atoms with E-state index in [9.17, 15) is 8.42 Å². The minimum absolute atomic E-state index is 0.0124. The van der Waals surface area contributed by atoms with Gasteiger partial charge in [-0.25, -0.2) is 17.8 Å². The van der Waals surface area contributed by atoms with Crippen molar-refractivity contribution >= 4 is 15.8 Å². The summed E-state index contributed by atoms with van der Waals surface area (Å²) in [6.45, 7) is 4.31. The van der Waals surface area contributed by atoms with Crippen molar-refractivity contribution < 1.29 is 17.9 Å². The minimum atomic E-state index is -3.78. The molecule has 0 saturated carbocycles. The Morgan fingerprint density at radius 1 is 1.00 bits per heavy atom. The molecule has 0 unspecified atom stereocenters. The Balaban J connectivity index is 1.59. The molecule has 0 fully saturated rings. The van der Waals surface area contributed by atoms with Crippen LogP contribution in [-0.4, -0.2) is 55.7 Å². The molecule has 10 nitrogen and oxygen atoms in total. The summed E-state index contributed by atoms with van der Waals surface area (Å²) in [5, 5.41) is 15.7. The quantitative estimate of drug-likeness (QED) is 0.490. The average Bonchev–Trinajstić information content (AvgIpc) is 3.09. The van der Waals surface area contributed by atoms with Gasteiger partial charge in [0.15, 0.2) is 5.82 Å². The molecule has 0 amide bonds. The van der Waals surface area contributed by atoms with Crippen molar-refractivity contribution in [2.24, 2.45) is 0 Å². The number of aryl methyl sites for hydroxylation is 2. The number of sulfonamides is 1. The molecule has 0 aliphatic carbocycles. The van der Waals surface area contributed by atoms with E-state index in [1.54, 1.807) is 28.9 Å². The third kappa shape index (κ3) is 4.86. The molecule has 0 saturated heterocycles. The first-order valence-corrected chi connectivity index (χ1v) is 10.7. The zero-order valence-electron chi connectivity index (χ0n) is 17.2. The molecule has 11 heteroatoms. The second-order valence-corrected chi connectivity index (χ2v) is 8.19. The summed E-state index contributed by atoms with van der Waals surface area (Å²) in [6.07, 6.45) is 0. The maximum atomic E-state index is 12.6. The first-order valence-electron chi connectivity index (χ1n) is 9.17. The lowest BCUT2D eigenvalue weighted by molar-refractivity contribution is 0.392. The monoisotopic (exact) mass is 432 g/mol. The Labute approximate surface area is 175 Å². The molecule has 2 N–H and O–H groups in total. The van der Waals surface area contributed by atoms with Crippen LogP contribution in [0.3, 0.4) is 0 Å². The zero-order valence-corrected chi connectivity index (χ0v) is 18.0. The normalized spacial score (nSPS) is 11.3. The Morgan fingerprint density at radius 3 is 2.40 bits per heavy atom. The fourth-order valence-corrected chi connectivity index (χ4v) is 4.05. The highest BCUT2D eigenvalue weighted by Crippen LogP contribution is 2.27. The second kappa shape index (κ2) is 9.09. The molecule has 0 aliphatic rings. The summed E-state index contributed by atoms with van der Waals surface area (Å²) < 4.78 is 39.7. The smallest absolute Gasteiger partial charge is 0.244 e. The van der Waals surface area contributed by atoms with E-state index in [0.29, 0.717) is 23.9 Å². The van der Waals surface area contributed by atoms with Gasteiger partial charge in [0.25, 0.3) is 0 Å². The van der Waals surface area contributed by atoms with Crippen molar-refractivity contribution in [3.05, 3.63) is 47.8 Å². The molecule has 0 atom stereocenters. The Morgan fingerprint density at radius 2 is 1.80 bits per heavy atom. The number of methoxy groups -OCH3 is 2. The Kier molecular flexibility index (Phi) is 6.53. The van der Waals surface area contributed by atoms with Gasteiger partial charge in [0, 0.05) is 24.8 Å². The van der Waals surface area contributed by atoms with E-state index in [1.807, 2.05) is 19.9 Å². The average molecular weight is 433 g/mol. The molecule has 0 radical (unpaired) electrons. The first kappa shape index (κ1) is 21.5. The standard InChI is InChI=1S/C19H24N6O4S/c1-13-11-14(2)25(24-13)19-8-7-18(22-23-19)20-9-10-21-30(26,27)17-12-15(28-3)5-6-16(17)29-4/h5-8,11-12,21H,9-10H2,1-4H3,(H,20,22). The molecular formula is C19H24N6O4S. The van der Waals surface area contributed by atoms with E-state index in [4.69, 9.17) is 9.47 Å². The van der Waals surface area contributed by atoms with Crippen LogP contribution in [-0.2, 0) is 10.0 Å². The van der Waals surface area contributed by atoms with Crippen LogP contribution in [0, 0.1) is 13.8 Å². The molecule has 0 aliphatic heterocycles. The number of hydrogen-bond acceptors (Lipinski definition) is 8. The zero-order chi connectivity index (χ0) is 21.7. The second-order valence-electron chi connectivity index (χ2n) is 6.46. The lowest BCUT2D eigenvalue weighted by Gasteiger charge is -2.12. The minimum Gasteiger partial charge on any atom is -0.497 e. The van der Waals surface area contributed by atoms with Gasteiger partial charge in [0.2, 0.25) is 10.0 Å². The van der Waals surface area contributed by atoms with Gasteiger partial charge in [0.1, 0.15) is 22.2 Å². The number of nitrogens with one attached hydrogen (secondary N) is 2. The number of aromatic nitrogens is 4. The highest BCUT2D eigenvalue weighted by molar-refractivity contribution is 7.89. The van der Waals surface area contributed by atoms with E-state index in [2.05, 4.69) is 25.3 Å². The Bertz CT molecular complexity index is 1110. The fraction of sp³-hybridized carbons (Fsp3) is 0.316. The number of rotatable bonds is 9. The molecule has 2 heterocycles. The van der Waals surface area contributed by atoms with Crippen molar-refractivity contribution in [3.63, 3.8) is 0 Å². The third-order valence-corrected chi connectivity index (χ3v) is 5.74. The van der Waals surface area contributed by atoms with Crippen molar-refractivity contribution in [1.82, 2.24) is 24.7 Å². The van der Waals surface area contributed by atoms with Gasteiger partial charge >= 0.3 is 0 Å². The molecule has 1 aromatic carbocycles. The van der Waals surface area contributed by atoms with Crippen LogP contribution in [0.2, 0.25) is 0 Å². The number of benzene rings is 1. The van der Waals surface area contributed by atoms with Crippen LogP contribution in [0.25, 0.3) is 5.82 Å². The van der Waals surface area contributed by atoms with E-state index in [0.717, 1.165) is 11.4 Å². The molecule has 0 bridgehead atoms. The van der Waals surface area contributed by atoms with Gasteiger partial charge in [-0.3, -0.25) is 0 Å². The summed E-state index contributed by atoms with van der Waals surface area (Å²) in [5.41, 5.74) is 1.86. The van der Waals surface area contributed by atoms with Gasteiger partial charge in [-0.15, -0.1) is 10.2 Å². The highest BCUT2D eigenvalue weighted by Gasteiger charge is 2.20. The number of hydrogen-bond donors (Lipinski definition) is 2. The van der Waals surface area contributed by atoms with Crippen molar-refractivity contribution in [2.45, 2.75) is 18.7 Å². The molecule has 3 aromatic rings. The largest absolute Gasteiger partial charge is 0.497 e. The molecule has 30 heavy (non-hydrogen) atoms. The predicted octanol–water partition coefficient (Wildman–Crippen LogP) is 1.69. The van der Waals surface area contributed by atoms with Gasteiger partial charge in [-0.1, -0.05) is 0 Å². The van der Waals surface area contributed by atoms with E-state index in [1.165, 1.54) is 20.3 Å². The lowest BCUT2D eigenvalue weighted by Crippen LogP contribution is -2.29. The summed E-state index contributed by atoms with van der Waals surface area (Å²) in [6, 6.07) is 10.1. The van der Waals surface area contributed by atoms with Gasteiger partial charge < -0.3 is 14.8 Å². The van der Waals surface area contributed by atoms with Crippen molar-refractivity contribution in [3.8, 4) is 17.3 Å². The molecule has 2 aromatic heterocycles. The van der Waals surface area contributed by atoms with Gasteiger partial charge in [0.05, 0.1) is 19.9 Å². The van der Waals surface area contributed by atoms with Crippen LogP contribution >= 0.6 is 0 Å². The Hall–Kier alpha value is -3.18. The summed E-state index contributed by atoms with van der Waals surface area (Å²) in [5.74, 6) is 1.80. The molecule has 0 spiro atoms. The fourth-order valence-electron chi connectivity index (χ4n) is 2.84. The summed E-state index contributed by atoms with van der Waals surface area (Å²) >= 11 is 0. The predicted molar refractivity (Wildman–Crippen MR) is 112 cm³/mol. The van der Waals surface area contributed by atoms with Gasteiger partial charge in [-0.05, 0) is 44.2 Å². The van der Waals surface area contributed by atoms with Crippen LogP contribution in [0.4, 0.5) is 5.82 Å². The van der Waals surface area contributed by atoms with E-state index >= 15 is 0 Å². The topological polar surface area (TPSA) is 120 Å². The summed E-state index contributed by atoms with van der Waals surface area (Å²) in [7, 11) is -0.895. The summed E-state index contributed by atoms with van der Waals surface area (Å²) in [4.78, 5) is 0.0124. The highest BCUT2D eigenvalue weighted by atomic mass is 32.2. The van der Waals surface area contributed by atoms with Crippen molar-refractivity contribution in [1.29, 1.82) is 0 Å². The molecule has 160 valence electrons. The van der Waals surface area contributed by atoms with Gasteiger partial charge in [-0.2, -0.15) is 5.10 Å². The maximum Gasteiger partial charge on any atom is 0.244 e. The number of nitrogens with zero attached hydrogens (tertiary/aromatic N) is 4. The SMILES string of the molecule is COc1ccc(OC)c(S(=O)(=O)NCCNc2ccc(-n3nc(C)cc3C)nn2)c1. The van der Waals surface area contributed by atoms with Crippen LogP contribution < -0.4 is 19.5 Å². The van der Waals surface area contributed by atoms with Crippen molar-refractivity contribution in [2.75, 3.05) is 32.6 Å². The lowest BCUT2D eigenvalue weighted by atomic mass is 10.3. The molecule has 3 rings (SSSR count). The number of anilines is 1. The van der Waals surface area contributed by atoms with Crippen LogP contribution in [0.15, 0.2) is 41.3 Å². The third-order valence-electron chi connectivity index (χ3n) is 4.26. The number of ether oxygens (including phenoxy) is 2. The van der Waals surface area contributed by atoms with Crippen LogP contribution in [0.1, 0.15) is 11.4 Å². The van der Waals surface area contributed by atoms with E-state index < -0.39 is 10.0 Å². The van der Waals surface area contributed by atoms with Crippen LogP contribution in [0.5, 0.6) is 11.5 Å². The van der Waals surface area contributed by atoms with E-state index in [-0.39, 0.29) is 17.2 Å². The molecular weight excluding hydrogens is 408 g/mol.